The van der Waals surface area contributed by atoms with E-state index in [0.29, 0.717) is 12.1 Å². The molecule has 0 saturated heterocycles. The van der Waals surface area contributed by atoms with Crippen LogP contribution in [-0.2, 0) is 9.47 Å². The van der Waals surface area contributed by atoms with Crippen molar-refractivity contribution in [3.8, 4) is 0 Å². The van der Waals surface area contributed by atoms with Gasteiger partial charge in [0, 0.05) is 22.7 Å². The topological polar surface area (TPSA) is 273 Å². The number of benzene rings is 4. The highest BCUT2D eigenvalue weighted by molar-refractivity contribution is 5.95. The SMILES string of the molecule is COC(=O)c1cc2cc(c1)Nc1cc(c([N+](=O)[O-])cc1[N+](=O)[O-])Nc1cc(cc(C(=O)OC)c1)Nc1cc(c([N+](=O)[O-])cc1[N+](=O)[O-])N2. The first-order valence-corrected chi connectivity index (χ1v) is 13.3. The van der Waals surface area contributed by atoms with E-state index in [4.69, 9.17) is 9.47 Å². The van der Waals surface area contributed by atoms with Crippen LogP contribution in [0.3, 0.4) is 0 Å². The number of nitrogens with zero attached hydrogens (tertiary/aromatic N) is 4. The van der Waals surface area contributed by atoms with Crippen LogP contribution in [-0.4, -0.2) is 45.9 Å². The minimum atomic E-state index is -0.873. The summed E-state index contributed by atoms with van der Waals surface area (Å²) < 4.78 is 9.59. The van der Waals surface area contributed by atoms with Crippen molar-refractivity contribution in [2.45, 2.75) is 0 Å². The second-order valence-electron chi connectivity index (χ2n) is 9.88. The first-order valence-electron chi connectivity index (χ1n) is 13.3. The van der Waals surface area contributed by atoms with Gasteiger partial charge in [0.05, 0.1) is 57.2 Å². The standard InChI is InChI=1S/C28H20N8O12/c1-47-27(37)13-3-15-7-16(4-13)30-20-10-22(26(36(45)46)12-24(20)34(41)42)32-18-6-14(28(38)48-2)5-17(8-18)31-21-9-19(29-15)23(33(39)40)11-25(21)35(43)44/h3-12,29-32H,1-2H3. The largest absolute Gasteiger partial charge is 0.465 e. The molecule has 0 saturated carbocycles. The van der Waals surface area contributed by atoms with Crippen molar-refractivity contribution in [2.75, 3.05) is 35.5 Å². The molecule has 0 fully saturated rings. The normalized spacial score (nSPS) is 11.4. The molecule has 4 aromatic rings. The Morgan fingerprint density at radius 3 is 0.917 bits per heavy atom. The van der Waals surface area contributed by atoms with Gasteiger partial charge >= 0.3 is 11.9 Å². The Bertz CT molecular complexity index is 1820. The van der Waals surface area contributed by atoms with Crippen LogP contribution in [0.25, 0.3) is 0 Å². The van der Waals surface area contributed by atoms with Crippen LogP contribution in [0, 0.1) is 40.5 Å². The van der Waals surface area contributed by atoms with E-state index in [0.717, 1.165) is 26.4 Å². The van der Waals surface area contributed by atoms with E-state index in [2.05, 4.69) is 21.3 Å². The van der Waals surface area contributed by atoms with Gasteiger partial charge in [-0.3, -0.25) is 40.5 Å². The van der Waals surface area contributed by atoms with E-state index in [1.807, 2.05) is 0 Å². The number of ether oxygens (including phenoxy) is 2. The Labute approximate surface area is 266 Å². The molecule has 0 amide bonds. The molecule has 20 nitrogen and oxygen atoms in total. The van der Waals surface area contributed by atoms with Crippen molar-refractivity contribution >= 4 is 80.2 Å². The third kappa shape index (κ3) is 6.37. The molecule has 20 heteroatoms. The summed E-state index contributed by atoms with van der Waals surface area (Å²) in [6, 6.07) is 11.1. The van der Waals surface area contributed by atoms with Crippen LogP contribution in [0.4, 0.5) is 68.2 Å². The lowest BCUT2D eigenvalue weighted by molar-refractivity contribution is -0.393. The summed E-state index contributed by atoms with van der Waals surface area (Å²) in [6.45, 7) is 0. The summed E-state index contributed by atoms with van der Waals surface area (Å²) in [7, 11) is 2.18. The van der Waals surface area contributed by atoms with E-state index < -0.39 is 54.4 Å². The van der Waals surface area contributed by atoms with Crippen molar-refractivity contribution in [1.29, 1.82) is 0 Å². The van der Waals surface area contributed by atoms with Crippen LogP contribution in [0.15, 0.2) is 60.7 Å². The summed E-state index contributed by atoms with van der Waals surface area (Å²) in [5.74, 6) is -1.73. The first kappa shape index (κ1) is 32.0. The minimum Gasteiger partial charge on any atom is -0.465 e. The maximum atomic E-state index is 12.6. The van der Waals surface area contributed by atoms with Crippen LogP contribution in [0.5, 0.6) is 0 Å². The number of hydrogen-bond donors (Lipinski definition) is 4. The molecular weight excluding hydrogens is 640 g/mol. The highest BCUT2D eigenvalue weighted by Gasteiger charge is 2.28. The molecule has 0 spiro atoms. The molecule has 8 bridgehead atoms. The molecule has 5 rings (SSSR count). The number of methoxy groups -OCH3 is 2. The highest BCUT2D eigenvalue weighted by atomic mass is 16.6. The molecule has 4 aromatic carbocycles. The van der Waals surface area contributed by atoms with E-state index >= 15 is 0 Å². The predicted octanol–water partition coefficient (Wildman–Crippen LogP) is 6.18. The molecule has 0 radical (unpaired) electrons. The Morgan fingerprint density at radius 1 is 0.458 bits per heavy atom. The molecular formula is C28H20N8O12. The van der Waals surface area contributed by atoms with Gasteiger partial charge in [0.15, 0.2) is 0 Å². The zero-order chi connectivity index (χ0) is 34.9. The minimum absolute atomic E-state index is 0.00622. The van der Waals surface area contributed by atoms with Gasteiger partial charge in [-0.25, -0.2) is 9.59 Å². The maximum Gasteiger partial charge on any atom is 0.337 e. The number of fused-ring (bicyclic) bond motifs is 8. The Hall–Kier alpha value is -7.38. The molecule has 0 aliphatic carbocycles. The summed E-state index contributed by atoms with van der Waals surface area (Å²) >= 11 is 0. The van der Waals surface area contributed by atoms with Crippen LogP contribution < -0.4 is 21.3 Å². The molecule has 0 unspecified atom stereocenters. The van der Waals surface area contributed by atoms with Gasteiger partial charge in [0.25, 0.3) is 22.7 Å². The Kier molecular flexibility index (Phi) is 8.37. The van der Waals surface area contributed by atoms with Crippen molar-refractivity contribution in [1.82, 2.24) is 0 Å². The Balaban J connectivity index is 1.85. The summed E-state index contributed by atoms with van der Waals surface area (Å²) in [6.07, 6.45) is 0. The first-order chi connectivity index (χ1) is 22.8. The van der Waals surface area contributed by atoms with E-state index in [1.54, 1.807) is 0 Å². The zero-order valence-corrected chi connectivity index (χ0v) is 24.5. The molecule has 48 heavy (non-hydrogen) atoms. The van der Waals surface area contributed by atoms with Gasteiger partial charge in [-0.1, -0.05) is 0 Å². The van der Waals surface area contributed by atoms with E-state index in [1.165, 1.54) is 36.4 Å². The second-order valence-corrected chi connectivity index (χ2v) is 9.88. The average Bonchev–Trinajstić information content (AvgIpc) is 3.02. The Morgan fingerprint density at radius 2 is 0.708 bits per heavy atom. The van der Waals surface area contributed by atoms with Crippen LogP contribution in [0.2, 0.25) is 0 Å². The predicted molar refractivity (Wildman–Crippen MR) is 168 cm³/mol. The summed E-state index contributed by atoms with van der Waals surface area (Å²) in [5, 5.41) is 59.1. The number of rotatable bonds is 6. The van der Waals surface area contributed by atoms with Gasteiger partial charge in [-0.2, -0.15) is 0 Å². The van der Waals surface area contributed by atoms with Gasteiger partial charge in [-0.15, -0.1) is 0 Å². The number of nitro benzene ring substituents is 4. The fraction of sp³-hybridized carbons (Fsp3) is 0.0714. The number of esters is 2. The molecule has 1 aliphatic heterocycles. The monoisotopic (exact) mass is 660 g/mol. The maximum absolute atomic E-state index is 12.6. The number of hydrogen-bond acceptors (Lipinski definition) is 16. The van der Waals surface area contributed by atoms with Gasteiger partial charge in [-0.05, 0) is 48.5 Å². The molecule has 4 N–H and O–H groups in total. The highest BCUT2D eigenvalue weighted by Crippen LogP contribution is 2.42. The molecule has 1 heterocycles. The summed E-state index contributed by atoms with van der Waals surface area (Å²) in [5.41, 5.74) is -4.30. The lowest BCUT2D eigenvalue weighted by atomic mass is 10.1. The number of anilines is 8. The lowest BCUT2D eigenvalue weighted by Crippen LogP contribution is -2.08. The fourth-order valence-corrected chi connectivity index (χ4v) is 4.80. The van der Waals surface area contributed by atoms with E-state index in [-0.39, 0.29) is 56.6 Å². The number of carbonyl (C=O) groups excluding carboxylic acids is 2. The van der Waals surface area contributed by atoms with Gasteiger partial charge in [0.1, 0.15) is 22.7 Å². The quantitative estimate of drug-likeness (QED) is 0.0898. The van der Waals surface area contributed by atoms with Gasteiger partial charge < -0.3 is 30.7 Å². The number of nitro groups is 4. The third-order valence-corrected chi connectivity index (χ3v) is 6.84. The average molecular weight is 661 g/mol. The zero-order valence-electron chi connectivity index (χ0n) is 24.5. The van der Waals surface area contributed by atoms with Crippen LogP contribution in [0.1, 0.15) is 20.7 Å². The third-order valence-electron chi connectivity index (χ3n) is 6.84. The van der Waals surface area contributed by atoms with Crippen LogP contribution >= 0.6 is 0 Å². The molecule has 1 aliphatic rings. The molecule has 0 aromatic heterocycles. The molecule has 0 atom stereocenters. The van der Waals surface area contributed by atoms with E-state index in [9.17, 15) is 50.0 Å². The van der Waals surface area contributed by atoms with Crippen molar-refractivity contribution in [3.05, 3.63) is 112 Å². The van der Waals surface area contributed by atoms with Crippen molar-refractivity contribution < 1.29 is 38.8 Å². The fourth-order valence-electron chi connectivity index (χ4n) is 4.80. The molecule has 244 valence electrons. The lowest BCUT2D eigenvalue weighted by Gasteiger charge is -2.17. The van der Waals surface area contributed by atoms with Crippen molar-refractivity contribution in [2.24, 2.45) is 0 Å². The number of nitrogens with one attached hydrogen (secondary N) is 4. The smallest absolute Gasteiger partial charge is 0.337 e. The number of carbonyl (C=O) groups is 2. The second kappa shape index (κ2) is 12.5. The summed E-state index contributed by atoms with van der Waals surface area (Å²) in [4.78, 5) is 69.7. The van der Waals surface area contributed by atoms with Crippen molar-refractivity contribution in [3.63, 3.8) is 0 Å². The van der Waals surface area contributed by atoms with Gasteiger partial charge in [0.2, 0.25) is 0 Å².